The number of hydrogen-bond acceptors (Lipinski definition) is 2. The Morgan fingerprint density at radius 1 is 1.30 bits per heavy atom. The lowest BCUT2D eigenvalue weighted by molar-refractivity contribution is -0.142. The summed E-state index contributed by atoms with van der Waals surface area (Å²) in [5.41, 5.74) is 0.497. The van der Waals surface area contributed by atoms with Crippen LogP contribution < -0.4 is 5.32 Å². The smallest absolute Gasteiger partial charge is 0.227 e. The largest absolute Gasteiger partial charge is 0.352 e. The number of nitrogens with one attached hydrogen (secondary N) is 1. The molecule has 0 radical (unpaired) electrons. The second kappa shape index (κ2) is 7.35. The lowest BCUT2D eigenvalue weighted by Gasteiger charge is -2.35. The first-order valence-corrected chi connectivity index (χ1v) is 8.47. The zero-order valence-corrected chi connectivity index (χ0v) is 14.8. The highest BCUT2D eigenvalue weighted by molar-refractivity contribution is 6.31. The average molecular weight is 337 g/mol. The summed E-state index contributed by atoms with van der Waals surface area (Å²) in [6.07, 6.45) is 1.69. The Hall–Kier alpha value is -1.55. The zero-order valence-electron chi connectivity index (χ0n) is 14.1. The van der Waals surface area contributed by atoms with Crippen LogP contribution in [0.5, 0.6) is 0 Å². The van der Waals surface area contributed by atoms with Crippen molar-refractivity contribution < 1.29 is 9.59 Å². The van der Waals surface area contributed by atoms with Gasteiger partial charge < -0.3 is 10.2 Å². The van der Waals surface area contributed by atoms with Crippen molar-refractivity contribution in [3.63, 3.8) is 0 Å². The van der Waals surface area contributed by atoms with Crippen LogP contribution in [0, 0.1) is 11.3 Å². The molecule has 1 N–H and O–H groups in total. The summed E-state index contributed by atoms with van der Waals surface area (Å²) in [4.78, 5) is 26.6. The molecule has 126 valence electrons. The van der Waals surface area contributed by atoms with E-state index >= 15 is 0 Å². The number of carbonyl (C=O) groups is 2. The normalized spacial score (nSPS) is 18.6. The number of rotatable bonds is 3. The van der Waals surface area contributed by atoms with Crippen LogP contribution in [0.4, 0.5) is 0 Å². The summed E-state index contributed by atoms with van der Waals surface area (Å²) in [6.45, 7) is 7.40. The van der Waals surface area contributed by atoms with Gasteiger partial charge in [-0.15, -0.1) is 0 Å². The predicted octanol–water partition coefficient (Wildman–Crippen LogP) is 3.24. The maximum absolute atomic E-state index is 12.4. The fourth-order valence-corrected chi connectivity index (χ4v) is 3.02. The molecule has 23 heavy (non-hydrogen) atoms. The number of carbonyl (C=O) groups excluding carboxylic acids is 2. The number of halogens is 1. The molecule has 0 saturated carbocycles. The van der Waals surface area contributed by atoms with Gasteiger partial charge in [0.05, 0.1) is 5.92 Å². The van der Waals surface area contributed by atoms with E-state index in [2.05, 4.69) is 5.32 Å². The molecule has 1 aromatic rings. The third kappa shape index (κ3) is 4.71. The number of piperidine rings is 1. The summed E-state index contributed by atoms with van der Waals surface area (Å²) >= 11 is 6.10. The zero-order chi connectivity index (χ0) is 17.0. The minimum atomic E-state index is -0.407. The lowest BCUT2D eigenvalue weighted by atomic mass is 9.91. The van der Waals surface area contributed by atoms with E-state index in [1.165, 1.54) is 0 Å². The fourth-order valence-electron chi connectivity index (χ4n) is 2.82. The topological polar surface area (TPSA) is 49.4 Å². The van der Waals surface area contributed by atoms with E-state index in [1.807, 2.05) is 49.9 Å². The molecule has 0 aliphatic carbocycles. The maximum atomic E-state index is 12.4. The van der Waals surface area contributed by atoms with E-state index in [-0.39, 0.29) is 17.7 Å². The maximum Gasteiger partial charge on any atom is 0.227 e. The van der Waals surface area contributed by atoms with Gasteiger partial charge in [0.1, 0.15) is 0 Å². The van der Waals surface area contributed by atoms with Crippen molar-refractivity contribution in [1.29, 1.82) is 0 Å². The van der Waals surface area contributed by atoms with Crippen molar-refractivity contribution in [2.45, 2.75) is 40.2 Å². The van der Waals surface area contributed by atoms with Crippen LogP contribution in [0.1, 0.15) is 39.2 Å². The minimum Gasteiger partial charge on any atom is -0.352 e. The molecule has 2 rings (SSSR count). The highest BCUT2D eigenvalue weighted by Gasteiger charge is 2.33. The van der Waals surface area contributed by atoms with E-state index < -0.39 is 5.41 Å². The van der Waals surface area contributed by atoms with Gasteiger partial charge >= 0.3 is 0 Å². The van der Waals surface area contributed by atoms with Gasteiger partial charge in [0.15, 0.2) is 0 Å². The first-order chi connectivity index (χ1) is 10.8. The van der Waals surface area contributed by atoms with Crippen molar-refractivity contribution in [3.05, 3.63) is 34.9 Å². The molecule has 1 unspecified atom stereocenters. The predicted molar refractivity (Wildman–Crippen MR) is 92.1 cm³/mol. The molecule has 1 fully saturated rings. The third-order valence-electron chi connectivity index (χ3n) is 4.13. The van der Waals surface area contributed by atoms with Gasteiger partial charge in [-0.2, -0.15) is 0 Å². The standard InChI is InChI=1S/C18H25ClN2O2/c1-18(2,3)17(23)21-10-6-8-14(12-21)16(22)20-11-13-7-4-5-9-15(13)19/h4-5,7,9,14H,6,8,10-12H2,1-3H3,(H,20,22). The Morgan fingerprint density at radius 2 is 2.00 bits per heavy atom. The lowest BCUT2D eigenvalue weighted by Crippen LogP contribution is -2.48. The molecule has 5 heteroatoms. The van der Waals surface area contributed by atoms with Gasteiger partial charge in [-0.25, -0.2) is 0 Å². The number of amides is 2. The monoisotopic (exact) mass is 336 g/mol. The molecule has 1 aliphatic heterocycles. The third-order valence-corrected chi connectivity index (χ3v) is 4.50. The molecule has 1 aliphatic rings. The summed E-state index contributed by atoms with van der Waals surface area (Å²) in [7, 11) is 0. The van der Waals surface area contributed by atoms with Crippen molar-refractivity contribution in [2.75, 3.05) is 13.1 Å². The van der Waals surface area contributed by atoms with Crippen LogP contribution in [-0.4, -0.2) is 29.8 Å². The summed E-state index contributed by atoms with van der Waals surface area (Å²) in [6, 6.07) is 7.48. The van der Waals surface area contributed by atoms with Crippen molar-refractivity contribution in [3.8, 4) is 0 Å². The molecular formula is C18H25ClN2O2. The Morgan fingerprint density at radius 3 is 2.65 bits per heavy atom. The Kier molecular flexibility index (Phi) is 5.69. The number of hydrogen-bond donors (Lipinski definition) is 1. The molecule has 0 aromatic heterocycles. The molecule has 1 heterocycles. The average Bonchev–Trinajstić information content (AvgIpc) is 2.52. The Labute approximate surface area is 143 Å². The van der Waals surface area contributed by atoms with Crippen molar-refractivity contribution in [1.82, 2.24) is 10.2 Å². The molecule has 2 amide bonds. The second-order valence-electron chi connectivity index (χ2n) is 7.15. The Bertz CT molecular complexity index is 581. The molecule has 0 bridgehead atoms. The van der Waals surface area contributed by atoms with Crippen molar-refractivity contribution >= 4 is 23.4 Å². The summed E-state index contributed by atoms with van der Waals surface area (Å²) in [5, 5.41) is 3.60. The molecular weight excluding hydrogens is 312 g/mol. The van der Waals surface area contributed by atoms with E-state index in [0.29, 0.717) is 18.1 Å². The number of nitrogens with zero attached hydrogens (tertiary/aromatic N) is 1. The van der Waals surface area contributed by atoms with E-state index in [4.69, 9.17) is 11.6 Å². The van der Waals surface area contributed by atoms with E-state index in [0.717, 1.165) is 24.9 Å². The highest BCUT2D eigenvalue weighted by Crippen LogP contribution is 2.24. The van der Waals surface area contributed by atoms with E-state index in [1.54, 1.807) is 0 Å². The van der Waals surface area contributed by atoms with Gasteiger partial charge in [0, 0.05) is 30.1 Å². The van der Waals surface area contributed by atoms with Crippen LogP contribution in [-0.2, 0) is 16.1 Å². The van der Waals surface area contributed by atoms with Crippen molar-refractivity contribution in [2.24, 2.45) is 11.3 Å². The van der Waals surface area contributed by atoms with Gasteiger partial charge in [-0.3, -0.25) is 9.59 Å². The summed E-state index contributed by atoms with van der Waals surface area (Å²) < 4.78 is 0. The number of benzene rings is 1. The highest BCUT2D eigenvalue weighted by atomic mass is 35.5. The first-order valence-electron chi connectivity index (χ1n) is 8.09. The van der Waals surface area contributed by atoms with Crippen LogP contribution in [0.3, 0.4) is 0 Å². The van der Waals surface area contributed by atoms with Crippen LogP contribution in [0.2, 0.25) is 5.02 Å². The quantitative estimate of drug-likeness (QED) is 0.921. The molecule has 1 aromatic carbocycles. The first kappa shape index (κ1) is 17.8. The van der Waals surface area contributed by atoms with Crippen LogP contribution in [0.25, 0.3) is 0 Å². The minimum absolute atomic E-state index is 0.00340. The molecule has 1 atom stereocenters. The molecule has 0 spiro atoms. The van der Waals surface area contributed by atoms with Gasteiger partial charge in [-0.1, -0.05) is 50.6 Å². The van der Waals surface area contributed by atoms with E-state index in [9.17, 15) is 9.59 Å². The van der Waals surface area contributed by atoms with Gasteiger partial charge in [0.25, 0.3) is 0 Å². The SMILES string of the molecule is CC(C)(C)C(=O)N1CCCC(C(=O)NCc2ccccc2Cl)C1. The summed E-state index contributed by atoms with van der Waals surface area (Å²) in [5.74, 6) is -0.0324. The number of likely N-dealkylation sites (tertiary alicyclic amines) is 1. The Balaban J connectivity index is 1.92. The second-order valence-corrected chi connectivity index (χ2v) is 7.56. The van der Waals surface area contributed by atoms with Gasteiger partial charge in [0.2, 0.25) is 11.8 Å². The molecule has 4 nitrogen and oxygen atoms in total. The molecule has 1 saturated heterocycles. The van der Waals surface area contributed by atoms with Crippen LogP contribution in [0.15, 0.2) is 24.3 Å². The van der Waals surface area contributed by atoms with Gasteiger partial charge in [-0.05, 0) is 24.5 Å². The van der Waals surface area contributed by atoms with Crippen LogP contribution >= 0.6 is 11.6 Å². The fraction of sp³-hybridized carbons (Fsp3) is 0.556.